The standard InChI is InChI=1S/C17H22FN3O2/c1-17(11-19,13-5-6-13)20-16(22)10-21(2)9-12-4-7-15(23-3)14(18)8-12/h4,7-8,13H,5-6,9-10H2,1-3H3,(H,20,22)/p+1/t17-/m1/s1. The molecule has 2 N–H and O–H groups in total. The highest BCUT2D eigenvalue weighted by Crippen LogP contribution is 2.39. The lowest BCUT2D eigenvalue weighted by atomic mass is 9.98. The number of methoxy groups -OCH3 is 1. The number of amides is 1. The first-order valence-corrected chi connectivity index (χ1v) is 7.74. The monoisotopic (exact) mass is 320 g/mol. The van der Waals surface area contributed by atoms with Crippen LogP contribution in [0.4, 0.5) is 4.39 Å². The van der Waals surface area contributed by atoms with E-state index in [1.807, 2.05) is 7.05 Å². The number of benzene rings is 1. The van der Waals surface area contributed by atoms with Crippen molar-refractivity contribution in [3.8, 4) is 11.8 Å². The first kappa shape index (κ1) is 17.2. The number of hydrogen-bond acceptors (Lipinski definition) is 3. The highest BCUT2D eigenvalue weighted by molar-refractivity contribution is 5.78. The lowest BCUT2D eigenvalue weighted by molar-refractivity contribution is -0.885. The van der Waals surface area contributed by atoms with Crippen molar-refractivity contribution in [1.29, 1.82) is 5.26 Å². The van der Waals surface area contributed by atoms with Crippen LogP contribution < -0.4 is 15.0 Å². The Morgan fingerprint density at radius 1 is 1.57 bits per heavy atom. The Balaban J connectivity index is 1.89. The molecule has 2 atom stereocenters. The Hall–Kier alpha value is -2.13. The third-order valence-corrected chi connectivity index (χ3v) is 4.21. The summed E-state index contributed by atoms with van der Waals surface area (Å²) in [5, 5.41) is 12.1. The van der Waals surface area contributed by atoms with E-state index in [2.05, 4.69) is 11.4 Å². The van der Waals surface area contributed by atoms with E-state index >= 15 is 0 Å². The van der Waals surface area contributed by atoms with Crippen LogP contribution in [0.2, 0.25) is 0 Å². The average molecular weight is 320 g/mol. The lowest BCUT2D eigenvalue weighted by Gasteiger charge is -2.23. The summed E-state index contributed by atoms with van der Waals surface area (Å²) in [5.74, 6) is -0.105. The molecule has 0 saturated heterocycles. The van der Waals surface area contributed by atoms with Crippen LogP contribution in [0.1, 0.15) is 25.3 Å². The molecule has 1 saturated carbocycles. The minimum absolute atomic E-state index is 0.160. The van der Waals surface area contributed by atoms with Crippen molar-refractivity contribution in [3.05, 3.63) is 29.6 Å². The highest BCUT2D eigenvalue weighted by atomic mass is 19.1. The Kier molecular flexibility index (Phi) is 5.22. The van der Waals surface area contributed by atoms with Crippen LogP contribution >= 0.6 is 0 Å². The molecule has 0 aliphatic heterocycles. The zero-order valence-electron chi connectivity index (χ0n) is 13.8. The summed E-state index contributed by atoms with van der Waals surface area (Å²) in [6, 6.07) is 7.00. The van der Waals surface area contributed by atoms with Gasteiger partial charge in [0, 0.05) is 5.56 Å². The van der Waals surface area contributed by atoms with E-state index in [1.165, 1.54) is 13.2 Å². The third-order valence-electron chi connectivity index (χ3n) is 4.21. The molecule has 0 radical (unpaired) electrons. The molecule has 5 nitrogen and oxygen atoms in total. The minimum Gasteiger partial charge on any atom is -0.494 e. The molecule has 1 aliphatic carbocycles. The Bertz CT molecular complexity index is 625. The number of carbonyl (C=O) groups excluding carboxylic acids is 1. The lowest BCUT2D eigenvalue weighted by Crippen LogP contribution is -3.09. The Morgan fingerprint density at radius 2 is 2.26 bits per heavy atom. The first-order valence-electron chi connectivity index (χ1n) is 7.74. The second kappa shape index (κ2) is 6.97. The van der Waals surface area contributed by atoms with Crippen LogP contribution in [-0.4, -0.2) is 32.1 Å². The molecule has 1 aliphatic rings. The second-order valence-electron chi connectivity index (χ2n) is 6.42. The number of likely N-dealkylation sites (N-methyl/N-ethyl adjacent to an activating group) is 1. The second-order valence-corrected chi connectivity index (χ2v) is 6.42. The fraction of sp³-hybridized carbons (Fsp3) is 0.529. The molecule has 0 bridgehead atoms. The van der Waals surface area contributed by atoms with Gasteiger partial charge in [0.2, 0.25) is 0 Å². The SMILES string of the molecule is COc1ccc(C[NH+](C)CC(=O)N[C@](C)(C#N)C2CC2)cc1F. The molecule has 0 spiro atoms. The van der Waals surface area contributed by atoms with Crippen molar-refractivity contribution < 1.29 is 18.8 Å². The maximum absolute atomic E-state index is 13.7. The molecule has 2 rings (SSSR count). The maximum Gasteiger partial charge on any atom is 0.276 e. The number of halogens is 1. The molecule has 1 unspecified atom stereocenters. The van der Waals surface area contributed by atoms with E-state index in [9.17, 15) is 14.4 Å². The zero-order valence-corrected chi connectivity index (χ0v) is 13.8. The van der Waals surface area contributed by atoms with Crippen LogP contribution in [0.3, 0.4) is 0 Å². The summed E-state index contributed by atoms with van der Waals surface area (Å²) in [6.07, 6.45) is 1.97. The fourth-order valence-electron chi connectivity index (χ4n) is 2.72. The van der Waals surface area contributed by atoms with Gasteiger partial charge in [0.15, 0.2) is 18.1 Å². The molecule has 0 aromatic heterocycles. The van der Waals surface area contributed by atoms with Gasteiger partial charge in [-0.1, -0.05) is 0 Å². The number of rotatable bonds is 7. The van der Waals surface area contributed by atoms with E-state index in [1.54, 1.807) is 19.1 Å². The van der Waals surface area contributed by atoms with Crippen molar-refractivity contribution in [1.82, 2.24) is 5.32 Å². The van der Waals surface area contributed by atoms with Gasteiger partial charge in [-0.15, -0.1) is 0 Å². The molecule has 1 aromatic carbocycles. The molecular formula is C17H23FN3O2+. The largest absolute Gasteiger partial charge is 0.494 e. The van der Waals surface area contributed by atoms with Crippen molar-refractivity contribution in [3.63, 3.8) is 0 Å². The maximum atomic E-state index is 13.7. The number of hydrogen-bond donors (Lipinski definition) is 2. The van der Waals surface area contributed by atoms with Crippen LogP contribution in [0.5, 0.6) is 5.75 Å². The van der Waals surface area contributed by atoms with E-state index in [4.69, 9.17) is 4.74 Å². The number of ether oxygens (including phenoxy) is 1. The minimum atomic E-state index is -0.774. The topological polar surface area (TPSA) is 66.6 Å². The molecule has 1 fully saturated rings. The molecule has 124 valence electrons. The molecule has 6 heteroatoms. The van der Waals surface area contributed by atoms with Gasteiger partial charge in [0.05, 0.1) is 20.2 Å². The van der Waals surface area contributed by atoms with Crippen LogP contribution in [0.25, 0.3) is 0 Å². The number of carbonyl (C=O) groups is 1. The van der Waals surface area contributed by atoms with E-state index in [0.717, 1.165) is 23.3 Å². The smallest absolute Gasteiger partial charge is 0.276 e. The highest BCUT2D eigenvalue weighted by Gasteiger charge is 2.43. The van der Waals surface area contributed by atoms with Gasteiger partial charge < -0.3 is 15.0 Å². The summed E-state index contributed by atoms with van der Waals surface area (Å²) in [6.45, 7) is 2.52. The van der Waals surface area contributed by atoms with E-state index < -0.39 is 11.4 Å². The van der Waals surface area contributed by atoms with Gasteiger partial charge in [0.1, 0.15) is 12.1 Å². The number of quaternary nitrogens is 1. The summed E-state index contributed by atoms with van der Waals surface area (Å²) >= 11 is 0. The van der Waals surface area contributed by atoms with Gasteiger partial charge in [0.25, 0.3) is 5.91 Å². The van der Waals surface area contributed by atoms with E-state index in [-0.39, 0.29) is 24.1 Å². The summed E-state index contributed by atoms with van der Waals surface area (Å²) in [5.41, 5.74) is 0.0164. The van der Waals surface area contributed by atoms with E-state index in [0.29, 0.717) is 6.54 Å². The van der Waals surface area contributed by atoms with Crippen LogP contribution in [0.15, 0.2) is 18.2 Å². The number of nitriles is 1. The van der Waals surface area contributed by atoms with Crippen LogP contribution in [0, 0.1) is 23.1 Å². The van der Waals surface area contributed by atoms with Gasteiger partial charge >= 0.3 is 0 Å². The van der Waals surface area contributed by atoms with Crippen molar-refractivity contribution in [2.75, 3.05) is 20.7 Å². The van der Waals surface area contributed by atoms with Crippen LogP contribution in [-0.2, 0) is 11.3 Å². The van der Waals surface area contributed by atoms with Crippen molar-refractivity contribution in [2.24, 2.45) is 5.92 Å². The zero-order chi connectivity index (χ0) is 17.0. The van der Waals surface area contributed by atoms with Gasteiger partial charge in [-0.3, -0.25) is 4.79 Å². The summed E-state index contributed by atoms with van der Waals surface area (Å²) in [7, 11) is 3.29. The molecule has 1 amide bonds. The average Bonchev–Trinajstić information content (AvgIpc) is 3.32. The molecule has 1 aromatic rings. The Labute approximate surface area is 136 Å². The van der Waals surface area contributed by atoms with Crippen molar-refractivity contribution in [2.45, 2.75) is 31.8 Å². The van der Waals surface area contributed by atoms with Gasteiger partial charge in [-0.2, -0.15) is 5.26 Å². The first-order chi connectivity index (χ1) is 10.9. The normalized spacial score (nSPS) is 17.7. The number of nitrogens with zero attached hydrogens (tertiary/aromatic N) is 1. The van der Waals surface area contributed by atoms with Crippen molar-refractivity contribution >= 4 is 5.91 Å². The molecule has 0 heterocycles. The summed E-state index contributed by atoms with van der Waals surface area (Å²) in [4.78, 5) is 13.1. The summed E-state index contributed by atoms with van der Waals surface area (Å²) < 4.78 is 18.6. The molecular weight excluding hydrogens is 297 g/mol. The predicted molar refractivity (Wildman–Crippen MR) is 83.3 cm³/mol. The third kappa shape index (κ3) is 4.42. The Morgan fingerprint density at radius 3 is 2.78 bits per heavy atom. The van der Waals surface area contributed by atoms with Gasteiger partial charge in [-0.25, -0.2) is 4.39 Å². The van der Waals surface area contributed by atoms with Gasteiger partial charge in [-0.05, 0) is 43.9 Å². The predicted octanol–water partition coefficient (Wildman–Crippen LogP) is 0.657. The quantitative estimate of drug-likeness (QED) is 0.775. The molecule has 23 heavy (non-hydrogen) atoms. The fourth-order valence-corrected chi connectivity index (χ4v) is 2.72. The number of nitrogens with one attached hydrogen (secondary N) is 2.